The van der Waals surface area contributed by atoms with Crippen LogP contribution in [0.25, 0.3) is 0 Å². The van der Waals surface area contributed by atoms with Gasteiger partial charge in [-0.2, -0.15) is 5.26 Å². The van der Waals surface area contributed by atoms with Crippen LogP contribution >= 0.6 is 0 Å². The highest BCUT2D eigenvalue weighted by Crippen LogP contribution is 2.47. The molecule has 1 aliphatic heterocycles. The Kier molecular flexibility index (Phi) is 4.35. The van der Waals surface area contributed by atoms with Crippen LogP contribution in [0.1, 0.15) is 45.1 Å². The molecule has 3 heteroatoms. The third-order valence-electron chi connectivity index (χ3n) is 4.59. The molecule has 0 aliphatic carbocycles. The molecule has 0 spiro atoms. The largest absolute Gasteiger partial charge is 0.496 e. The molecule has 3 nitrogen and oxygen atoms in total. The van der Waals surface area contributed by atoms with Crippen LogP contribution in [0, 0.1) is 11.3 Å². The van der Waals surface area contributed by atoms with Gasteiger partial charge >= 0.3 is 0 Å². The molecule has 1 saturated heterocycles. The molecule has 1 aromatic carbocycles. The first-order chi connectivity index (χ1) is 9.59. The topological polar surface area (TPSA) is 42.2 Å². The van der Waals surface area contributed by atoms with Gasteiger partial charge in [0, 0.05) is 24.0 Å². The van der Waals surface area contributed by atoms with E-state index in [-0.39, 0.29) is 11.0 Å². The first kappa shape index (κ1) is 14.9. The molecule has 0 bridgehead atoms. The first-order valence-corrected chi connectivity index (χ1v) is 7.23. The van der Waals surface area contributed by atoms with Crippen LogP contribution in [0.15, 0.2) is 24.3 Å². The standard InChI is InChI=1S/C17H23NO2/c1-4-16(2)13-17(9-11-18,10-12-20-16)14-7-5-6-8-15(14)19-3/h5-8H,4,9-10,12-13H2,1-3H3/t16-,17-/m0/s1. The van der Waals surface area contributed by atoms with Crippen molar-refractivity contribution >= 4 is 0 Å². The van der Waals surface area contributed by atoms with E-state index >= 15 is 0 Å². The number of nitrogens with zero attached hydrogens (tertiary/aromatic N) is 1. The normalized spacial score (nSPS) is 29.7. The minimum Gasteiger partial charge on any atom is -0.496 e. The summed E-state index contributed by atoms with van der Waals surface area (Å²) in [6, 6.07) is 10.4. The first-order valence-electron chi connectivity index (χ1n) is 7.23. The van der Waals surface area contributed by atoms with E-state index in [1.165, 1.54) is 0 Å². The van der Waals surface area contributed by atoms with E-state index in [1.54, 1.807) is 7.11 Å². The number of benzene rings is 1. The molecular formula is C17H23NO2. The van der Waals surface area contributed by atoms with Crippen LogP contribution in [-0.2, 0) is 10.2 Å². The van der Waals surface area contributed by atoms with E-state index < -0.39 is 0 Å². The molecule has 1 heterocycles. The molecule has 0 radical (unpaired) electrons. The van der Waals surface area contributed by atoms with Crippen molar-refractivity contribution in [1.29, 1.82) is 5.26 Å². The maximum atomic E-state index is 9.32. The van der Waals surface area contributed by atoms with Gasteiger partial charge in [0.2, 0.25) is 0 Å². The third-order valence-corrected chi connectivity index (χ3v) is 4.59. The fourth-order valence-electron chi connectivity index (χ4n) is 3.29. The second-order valence-electron chi connectivity index (χ2n) is 5.89. The number of nitriles is 1. The number of rotatable bonds is 4. The Morgan fingerprint density at radius 1 is 1.40 bits per heavy atom. The summed E-state index contributed by atoms with van der Waals surface area (Å²) in [4.78, 5) is 0. The van der Waals surface area contributed by atoms with Crippen molar-refractivity contribution in [2.45, 2.75) is 50.5 Å². The average molecular weight is 273 g/mol. The number of ether oxygens (including phenoxy) is 2. The Balaban J connectivity index is 2.47. The van der Waals surface area contributed by atoms with Crippen molar-refractivity contribution in [3.05, 3.63) is 29.8 Å². The molecule has 20 heavy (non-hydrogen) atoms. The van der Waals surface area contributed by atoms with Gasteiger partial charge in [-0.1, -0.05) is 25.1 Å². The van der Waals surface area contributed by atoms with Crippen molar-refractivity contribution in [1.82, 2.24) is 0 Å². The zero-order valence-electron chi connectivity index (χ0n) is 12.6. The SMILES string of the molecule is CC[C@@]1(C)C[C@@](CC#N)(c2ccccc2OC)CCO1. The summed E-state index contributed by atoms with van der Waals surface area (Å²) in [6.07, 6.45) is 3.20. The van der Waals surface area contributed by atoms with Gasteiger partial charge in [-0.05, 0) is 32.3 Å². The predicted octanol–water partition coefficient (Wildman–Crippen LogP) is 3.83. The minimum atomic E-state index is -0.162. The predicted molar refractivity (Wildman–Crippen MR) is 78.8 cm³/mol. The molecular weight excluding hydrogens is 250 g/mol. The highest BCUT2D eigenvalue weighted by molar-refractivity contribution is 5.41. The summed E-state index contributed by atoms with van der Waals surface area (Å²) < 4.78 is 11.5. The summed E-state index contributed by atoms with van der Waals surface area (Å²) in [7, 11) is 1.69. The van der Waals surface area contributed by atoms with Gasteiger partial charge in [-0.25, -0.2) is 0 Å². The lowest BCUT2D eigenvalue weighted by Gasteiger charge is -2.46. The number of hydrogen-bond donors (Lipinski definition) is 0. The smallest absolute Gasteiger partial charge is 0.122 e. The summed E-state index contributed by atoms with van der Waals surface area (Å²) in [5.41, 5.74) is 0.826. The van der Waals surface area contributed by atoms with Crippen LogP contribution in [-0.4, -0.2) is 19.3 Å². The Morgan fingerprint density at radius 3 is 2.80 bits per heavy atom. The lowest BCUT2D eigenvalue weighted by Crippen LogP contribution is -2.45. The monoisotopic (exact) mass is 273 g/mol. The molecule has 1 aliphatic rings. The van der Waals surface area contributed by atoms with E-state index in [0.717, 1.165) is 30.6 Å². The zero-order valence-corrected chi connectivity index (χ0v) is 12.6. The molecule has 0 amide bonds. The molecule has 0 N–H and O–H groups in total. The Bertz CT molecular complexity index is 508. The molecule has 1 aromatic rings. The Hall–Kier alpha value is -1.53. The van der Waals surface area contributed by atoms with Crippen molar-refractivity contribution < 1.29 is 9.47 Å². The van der Waals surface area contributed by atoms with Crippen LogP contribution in [0.3, 0.4) is 0 Å². The molecule has 2 rings (SSSR count). The molecule has 0 saturated carbocycles. The van der Waals surface area contributed by atoms with Crippen LogP contribution < -0.4 is 4.74 Å². The quantitative estimate of drug-likeness (QED) is 0.837. The van der Waals surface area contributed by atoms with Crippen molar-refractivity contribution in [2.75, 3.05) is 13.7 Å². The lowest BCUT2D eigenvalue weighted by atomic mass is 9.66. The zero-order chi connectivity index (χ0) is 14.6. The molecule has 2 atom stereocenters. The Morgan fingerprint density at radius 2 is 2.15 bits per heavy atom. The van der Waals surface area contributed by atoms with Gasteiger partial charge in [0.15, 0.2) is 0 Å². The van der Waals surface area contributed by atoms with Crippen LogP contribution in [0.5, 0.6) is 5.75 Å². The average Bonchev–Trinajstić information content (AvgIpc) is 2.47. The number of para-hydroxylation sites is 1. The van der Waals surface area contributed by atoms with E-state index in [0.29, 0.717) is 13.0 Å². The molecule has 1 fully saturated rings. The van der Waals surface area contributed by atoms with Crippen LogP contribution in [0.4, 0.5) is 0 Å². The third kappa shape index (κ3) is 2.66. The second-order valence-corrected chi connectivity index (χ2v) is 5.89. The fraction of sp³-hybridized carbons (Fsp3) is 0.588. The maximum absolute atomic E-state index is 9.32. The summed E-state index contributed by atoms with van der Waals surface area (Å²) >= 11 is 0. The summed E-state index contributed by atoms with van der Waals surface area (Å²) in [6.45, 7) is 4.99. The number of hydrogen-bond acceptors (Lipinski definition) is 3. The van der Waals surface area contributed by atoms with Crippen LogP contribution in [0.2, 0.25) is 0 Å². The fourth-order valence-corrected chi connectivity index (χ4v) is 3.29. The summed E-state index contributed by atoms with van der Waals surface area (Å²) in [5, 5.41) is 9.32. The Labute approximate surface area is 121 Å². The minimum absolute atomic E-state index is 0.157. The number of methoxy groups -OCH3 is 1. The van der Waals surface area contributed by atoms with Crippen molar-refractivity contribution in [2.24, 2.45) is 0 Å². The highest BCUT2D eigenvalue weighted by Gasteiger charge is 2.44. The van der Waals surface area contributed by atoms with Gasteiger partial charge in [0.05, 0.1) is 18.8 Å². The lowest BCUT2D eigenvalue weighted by molar-refractivity contribution is -0.0960. The van der Waals surface area contributed by atoms with E-state index in [9.17, 15) is 5.26 Å². The van der Waals surface area contributed by atoms with E-state index in [1.807, 2.05) is 18.2 Å². The van der Waals surface area contributed by atoms with E-state index in [2.05, 4.69) is 26.0 Å². The molecule has 0 aromatic heterocycles. The molecule has 108 valence electrons. The summed E-state index contributed by atoms with van der Waals surface area (Å²) in [5.74, 6) is 0.878. The highest BCUT2D eigenvalue weighted by atomic mass is 16.5. The van der Waals surface area contributed by atoms with Gasteiger partial charge in [0.25, 0.3) is 0 Å². The van der Waals surface area contributed by atoms with Gasteiger partial charge < -0.3 is 9.47 Å². The maximum Gasteiger partial charge on any atom is 0.122 e. The van der Waals surface area contributed by atoms with Crippen molar-refractivity contribution in [3.63, 3.8) is 0 Å². The molecule has 0 unspecified atom stereocenters. The van der Waals surface area contributed by atoms with Gasteiger partial charge in [0.1, 0.15) is 5.75 Å². The van der Waals surface area contributed by atoms with Crippen molar-refractivity contribution in [3.8, 4) is 11.8 Å². The van der Waals surface area contributed by atoms with Gasteiger partial charge in [-0.15, -0.1) is 0 Å². The second kappa shape index (κ2) is 5.85. The van der Waals surface area contributed by atoms with Gasteiger partial charge in [-0.3, -0.25) is 0 Å². The van der Waals surface area contributed by atoms with E-state index in [4.69, 9.17) is 9.47 Å².